The number of anilines is 2. The van der Waals surface area contributed by atoms with Gasteiger partial charge in [-0.15, -0.1) is 0 Å². The van der Waals surface area contributed by atoms with Crippen molar-refractivity contribution in [2.24, 2.45) is 0 Å². The average Bonchev–Trinajstić information content (AvgIpc) is 3.11. The number of likely N-dealkylation sites (tertiary alicyclic amines) is 1. The van der Waals surface area contributed by atoms with E-state index in [2.05, 4.69) is 9.88 Å². The first-order valence-electron chi connectivity index (χ1n) is 12.4. The van der Waals surface area contributed by atoms with Gasteiger partial charge in [-0.1, -0.05) is 0 Å². The van der Waals surface area contributed by atoms with Gasteiger partial charge in [0.25, 0.3) is 5.91 Å². The Balaban J connectivity index is 1.41. The molecule has 3 heterocycles. The highest BCUT2D eigenvalue weighted by molar-refractivity contribution is 7.81. The molecule has 2 saturated heterocycles. The number of alkyl halides is 3. The summed E-state index contributed by atoms with van der Waals surface area (Å²) in [6, 6.07) is 9.63. The molecule has 38 heavy (non-hydrogen) atoms. The van der Waals surface area contributed by atoms with Gasteiger partial charge in [0.1, 0.15) is 29.0 Å². The first-order chi connectivity index (χ1) is 18.2. The number of thiocarbonyl (C=S) groups is 1. The zero-order valence-electron chi connectivity index (χ0n) is 20.4. The molecule has 1 N–H and O–H groups in total. The Kier molecular flexibility index (Phi) is 7.02. The zero-order chi connectivity index (χ0) is 27.1. The van der Waals surface area contributed by atoms with Gasteiger partial charge in [0.05, 0.1) is 12.3 Å². The minimum Gasteiger partial charge on any atom is -0.490 e. The maximum absolute atomic E-state index is 14.0. The van der Waals surface area contributed by atoms with Gasteiger partial charge >= 0.3 is 6.18 Å². The van der Waals surface area contributed by atoms with Crippen molar-refractivity contribution in [2.45, 2.75) is 49.9 Å². The summed E-state index contributed by atoms with van der Waals surface area (Å²) in [6.45, 7) is 2.46. The Bertz CT molecular complexity index is 1270. The molecule has 1 amide bonds. The summed E-state index contributed by atoms with van der Waals surface area (Å²) >= 11 is 5.62. The Morgan fingerprint density at radius 1 is 1.18 bits per heavy atom. The predicted octanol–water partition coefficient (Wildman–Crippen LogP) is 3.87. The smallest absolute Gasteiger partial charge is 0.421 e. The Labute approximate surface area is 223 Å². The topological polar surface area (TPSA) is 92.9 Å². The van der Waals surface area contributed by atoms with Crippen LogP contribution in [0.15, 0.2) is 36.5 Å². The van der Waals surface area contributed by atoms with Gasteiger partial charge in [0.2, 0.25) is 0 Å². The number of pyridine rings is 1. The van der Waals surface area contributed by atoms with E-state index in [1.807, 2.05) is 0 Å². The summed E-state index contributed by atoms with van der Waals surface area (Å²) in [6.07, 6.45) is -0.477. The second-order valence-corrected chi connectivity index (χ2v) is 10.0. The Morgan fingerprint density at radius 3 is 2.42 bits per heavy atom. The largest absolute Gasteiger partial charge is 0.490 e. The fourth-order valence-electron chi connectivity index (χ4n) is 5.45. The molecule has 3 aliphatic rings. The van der Waals surface area contributed by atoms with Gasteiger partial charge < -0.3 is 19.6 Å². The molecule has 1 aromatic carbocycles. The van der Waals surface area contributed by atoms with E-state index in [0.717, 1.165) is 49.5 Å². The normalized spacial score (nSPS) is 20.1. The van der Waals surface area contributed by atoms with E-state index < -0.39 is 34.6 Å². The lowest BCUT2D eigenvalue weighted by Gasteiger charge is -2.43. The lowest BCUT2D eigenvalue weighted by atomic mass is 9.75. The van der Waals surface area contributed by atoms with Gasteiger partial charge in [-0.2, -0.15) is 18.4 Å². The summed E-state index contributed by atoms with van der Waals surface area (Å²) in [7, 11) is 0. The molecule has 200 valence electrons. The number of hydrogen-bond acceptors (Lipinski definition) is 7. The molecule has 0 unspecified atom stereocenters. The SMILES string of the molecule is N#Cc1nccc(N2C(=O)C3(CCC3)N(c3ccc(OC4CCN(CCO)CC4)cc3)C2=S)c1C(F)(F)F. The molecular formula is C26H26F3N5O3S. The molecule has 1 aliphatic carbocycles. The Morgan fingerprint density at radius 2 is 1.87 bits per heavy atom. The van der Waals surface area contributed by atoms with Crippen molar-refractivity contribution >= 4 is 34.6 Å². The third-order valence-corrected chi connectivity index (χ3v) is 7.87. The van der Waals surface area contributed by atoms with Crippen molar-refractivity contribution in [2.75, 3.05) is 36.0 Å². The number of amides is 1. The van der Waals surface area contributed by atoms with Crippen LogP contribution in [0.4, 0.5) is 24.5 Å². The molecule has 12 heteroatoms. The fraction of sp³-hybridized carbons (Fsp3) is 0.462. The van der Waals surface area contributed by atoms with E-state index >= 15 is 0 Å². The number of benzene rings is 1. The van der Waals surface area contributed by atoms with E-state index in [-0.39, 0.29) is 17.8 Å². The summed E-state index contributed by atoms with van der Waals surface area (Å²) in [4.78, 5) is 22.0. The maximum Gasteiger partial charge on any atom is 0.421 e. The molecule has 1 spiro atoms. The van der Waals surface area contributed by atoms with Crippen molar-refractivity contribution in [1.29, 1.82) is 5.26 Å². The number of ether oxygens (including phenoxy) is 1. The van der Waals surface area contributed by atoms with Crippen LogP contribution in [0.3, 0.4) is 0 Å². The van der Waals surface area contributed by atoms with Gasteiger partial charge in [0, 0.05) is 31.5 Å². The molecule has 1 aromatic heterocycles. The van der Waals surface area contributed by atoms with E-state index in [1.165, 1.54) is 6.07 Å². The minimum absolute atomic E-state index is 0.0421. The van der Waals surface area contributed by atoms with Crippen LogP contribution in [0.1, 0.15) is 43.4 Å². The first kappa shape index (κ1) is 26.3. The highest BCUT2D eigenvalue weighted by Gasteiger charge is 2.60. The van der Waals surface area contributed by atoms with Gasteiger partial charge in [-0.3, -0.25) is 9.69 Å². The van der Waals surface area contributed by atoms with Crippen LogP contribution in [0.2, 0.25) is 0 Å². The molecular weight excluding hydrogens is 519 g/mol. The standard InChI is InChI=1S/C26H26F3N5O3S/c27-26(28,29)22-20(16-30)31-11-6-21(22)33-23(36)25(9-1-10-25)34(24(33)38)17-2-4-18(5-3-17)37-19-7-12-32(13-8-19)14-15-35/h2-6,11,19,35H,1,7-10,12-15H2. The quantitative estimate of drug-likeness (QED) is 0.547. The molecule has 0 radical (unpaired) electrons. The van der Waals surface area contributed by atoms with E-state index in [1.54, 1.807) is 29.2 Å². The third kappa shape index (κ3) is 4.48. The van der Waals surface area contributed by atoms with Crippen LogP contribution in [0.5, 0.6) is 5.75 Å². The average molecular weight is 546 g/mol. The summed E-state index contributed by atoms with van der Waals surface area (Å²) < 4.78 is 48.1. The van der Waals surface area contributed by atoms with E-state index in [4.69, 9.17) is 22.1 Å². The van der Waals surface area contributed by atoms with Crippen molar-refractivity contribution < 1.29 is 27.8 Å². The number of carbonyl (C=O) groups is 1. The number of piperidine rings is 1. The number of halogens is 3. The molecule has 1 saturated carbocycles. The van der Waals surface area contributed by atoms with Crippen molar-refractivity contribution in [3.8, 4) is 11.8 Å². The molecule has 3 fully saturated rings. The number of aromatic nitrogens is 1. The van der Waals surface area contributed by atoms with Crippen molar-refractivity contribution in [1.82, 2.24) is 9.88 Å². The lowest BCUT2D eigenvalue weighted by molar-refractivity contribution is -0.137. The predicted molar refractivity (Wildman–Crippen MR) is 137 cm³/mol. The second kappa shape index (κ2) is 10.1. The van der Waals surface area contributed by atoms with E-state index in [0.29, 0.717) is 30.8 Å². The molecule has 0 atom stereocenters. The number of aliphatic hydroxyl groups is 1. The molecule has 2 aromatic rings. The van der Waals surface area contributed by atoms with Gasteiger partial charge in [-0.05, 0) is 74.7 Å². The van der Waals surface area contributed by atoms with Gasteiger partial charge in [-0.25, -0.2) is 4.98 Å². The molecule has 8 nitrogen and oxygen atoms in total. The van der Waals surface area contributed by atoms with Crippen LogP contribution in [-0.2, 0) is 11.0 Å². The third-order valence-electron chi connectivity index (χ3n) is 7.50. The number of carbonyl (C=O) groups excluding carboxylic acids is 1. The summed E-state index contributed by atoms with van der Waals surface area (Å²) in [5.74, 6) is 0.113. The fourth-order valence-corrected chi connectivity index (χ4v) is 5.91. The number of aliphatic hydroxyl groups excluding tert-OH is 1. The van der Waals surface area contributed by atoms with Gasteiger partial charge in [0.15, 0.2) is 10.8 Å². The van der Waals surface area contributed by atoms with Crippen LogP contribution in [-0.4, -0.2) is 63.9 Å². The number of hydrogen-bond donors (Lipinski definition) is 1. The van der Waals surface area contributed by atoms with Crippen LogP contribution >= 0.6 is 12.2 Å². The van der Waals surface area contributed by atoms with E-state index in [9.17, 15) is 23.2 Å². The first-order valence-corrected chi connectivity index (χ1v) is 12.9. The second-order valence-electron chi connectivity index (χ2n) is 9.68. The molecule has 2 aliphatic heterocycles. The van der Waals surface area contributed by atoms with Crippen molar-refractivity contribution in [3.63, 3.8) is 0 Å². The minimum atomic E-state index is -4.90. The lowest BCUT2D eigenvalue weighted by Crippen LogP contribution is -2.55. The van der Waals surface area contributed by atoms with Crippen LogP contribution in [0.25, 0.3) is 0 Å². The maximum atomic E-state index is 14.0. The van der Waals surface area contributed by atoms with Crippen LogP contribution in [0, 0.1) is 11.3 Å². The number of nitriles is 1. The van der Waals surface area contributed by atoms with Crippen LogP contribution < -0.4 is 14.5 Å². The number of nitrogens with zero attached hydrogens (tertiary/aromatic N) is 5. The highest BCUT2D eigenvalue weighted by atomic mass is 32.1. The Hall–Kier alpha value is -3.27. The zero-order valence-corrected chi connectivity index (χ0v) is 21.3. The summed E-state index contributed by atoms with van der Waals surface area (Å²) in [5, 5.41) is 18.3. The molecule has 0 bridgehead atoms. The number of β-amino-alcohol motifs (C(OH)–C–C–N with tert-alkyl or cyclic N) is 1. The highest BCUT2D eigenvalue weighted by Crippen LogP contribution is 2.49. The van der Waals surface area contributed by atoms with Crippen molar-refractivity contribution in [3.05, 3.63) is 47.8 Å². The molecule has 5 rings (SSSR count). The summed E-state index contributed by atoms with van der Waals surface area (Å²) in [5.41, 5.74) is -3.06. The number of rotatable bonds is 6. The monoisotopic (exact) mass is 545 g/mol.